The van der Waals surface area contributed by atoms with Crippen LogP contribution in [0.25, 0.3) is 11.1 Å². The van der Waals surface area contributed by atoms with Gasteiger partial charge < -0.3 is 5.32 Å². The monoisotopic (exact) mass is 277 g/mol. The molecule has 98 valence electrons. The highest BCUT2D eigenvalue weighted by Gasteiger charge is 1.99. The molecule has 20 heavy (non-hydrogen) atoms. The van der Waals surface area contributed by atoms with Crippen molar-refractivity contribution in [1.29, 1.82) is 0 Å². The number of benzene rings is 3. The predicted octanol–water partition coefficient (Wildman–Crippen LogP) is 5.39. The highest BCUT2D eigenvalue weighted by molar-refractivity contribution is 7.80. The van der Waals surface area contributed by atoms with Gasteiger partial charge in [0, 0.05) is 16.3 Å². The van der Waals surface area contributed by atoms with E-state index in [9.17, 15) is 0 Å². The average molecular weight is 277 g/mol. The molecule has 0 amide bonds. The summed E-state index contributed by atoms with van der Waals surface area (Å²) in [6.45, 7) is 0. The maximum absolute atomic E-state index is 4.38. The molecule has 0 aliphatic rings. The Kier molecular flexibility index (Phi) is 3.75. The lowest BCUT2D eigenvalue weighted by atomic mass is 10.1. The Morgan fingerprint density at radius 2 is 1.30 bits per heavy atom. The normalized spacial score (nSPS) is 10.2. The Bertz CT molecular complexity index is 690. The maximum atomic E-state index is 4.38. The topological polar surface area (TPSA) is 12.0 Å². The van der Waals surface area contributed by atoms with Gasteiger partial charge in [0.2, 0.25) is 0 Å². The Hall–Kier alpha value is -2.19. The van der Waals surface area contributed by atoms with Crippen LogP contribution in [0.1, 0.15) is 0 Å². The molecule has 3 rings (SSSR count). The van der Waals surface area contributed by atoms with E-state index in [-0.39, 0.29) is 0 Å². The molecule has 0 bridgehead atoms. The van der Waals surface area contributed by atoms with Gasteiger partial charge >= 0.3 is 0 Å². The van der Waals surface area contributed by atoms with Crippen molar-refractivity contribution >= 4 is 24.0 Å². The fraction of sp³-hybridized carbons (Fsp3) is 0. The zero-order valence-electron chi connectivity index (χ0n) is 11.0. The van der Waals surface area contributed by atoms with Gasteiger partial charge in [0.05, 0.1) is 0 Å². The van der Waals surface area contributed by atoms with E-state index >= 15 is 0 Å². The fourth-order valence-corrected chi connectivity index (χ4v) is 2.34. The summed E-state index contributed by atoms with van der Waals surface area (Å²) in [5, 5.41) is 3.38. The van der Waals surface area contributed by atoms with Crippen molar-refractivity contribution in [2.24, 2.45) is 0 Å². The molecule has 0 unspecified atom stereocenters. The second-order valence-electron chi connectivity index (χ2n) is 4.62. The van der Waals surface area contributed by atoms with Crippen molar-refractivity contribution in [3.05, 3.63) is 78.9 Å². The predicted molar refractivity (Wildman–Crippen MR) is 88.9 cm³/mol. The number of thiol groups is 1. The molecular weight excluding hydrogens is 262 g/mol. The zero-order chi connectivity index (χ0) is 13.8. The van der Waals surface area contributed by atoms with Crippen molar-refractivity contribution in [3.8, 4) is 11.1 Å². The molecule has 0 aromatic heterocycles. The second-order valence-corrected chi connectivity index (χ2v) is 5.14. The van der Waals surface area contributed by atoms with E-state index < -0.39 is 0 Å². The summed E-state index contributed by atoms with van der Waals surface area (Å²) in [6.07, 6.45) is 0. The van der Waals surface area contributed by atoms with Crippen LogP contribution < -0.4 is 5.32 Å². The van der Waals surface area contributed by atoms with Gasteiger partial charge in [-0.3, -0.25) is 0 Å². The van der Waals surface area contributed by atoms with Gasteiger partial charge in [-0.05, 0) is 47.5 Å². The Morgan fingerprint density at radius 3 is 2.00 bits per heavy atom. The van der Waals surface area contributed by atoms with Crippen molar-refractivity contribution in [2.75, 3.05) is 5.32 Å². The Morgan fingerprint density at radius 1 is 0.600 bits per heavy atom. The molecule has 0 atom stereocenters. The molecule has 3 aromatic rings. The van der Waals surface area contributed by atoms with Crippen LogP contribution in [-0.4, -0.2) is 0 Å². The van der Waals surface area contributed by atoms with Gasteiger partial charge in [-0.2, -0.15) is 0 Å². The highest BCUT2D eigenvalue weighted by atomic mass is 32.1. The third-order valence-electron chi connectivity index (χ3n) is 3.13. The Balaban J connectivity index is 1.81. The third-order valence-corrected chi connectivity index (χ3v) is 3.41. The van der Waals surface area contributed by atoms with Gasteiger partial charge in [-0.1, -0.05) is 42.5 Å². The lowest BCUT2D eigenvalue weighted by Crippen LogP contribution is -1.89. The van der Waals surface area contributed by atoms with Crippen molar-refractivity contribution in [2.45, 2.75) is 4.90 Å². The Labute approximate surface area is 124 Å². The first-order valence-electron chi connectivity index (χ1n) is 6.53. The first-order valence-corrected chi connectivity index (χ1v) is 6.97. The molecule has 0 heterocycles. The largest absolute Gasteiger partial charge is 0.356 e. The van der Waals surface area contributed by atoms with Gasteiger partial charge in [-0.15, -0.1) is 12.6 Å². The molecule has 0 aliphatic heterocycles. The molecule has 1 nitrogen and oxygen atoms in total. The van der Waals surface area contributed by atoms with Gasteiger partial charge in [0.15, 0.2) is 0 Å². The van der Waals surface area contributed by atoms with Crippen LogP contribution in [0.4, 0.5) is 11.4 Å². The minimum Gasteiger partial charge on any atom is -0.356 e. The average Bonchev–Trinajstić information content (AvgIpc) is 2.49. The maximum Gasteiger partial charge on any atom is 0.0384 e. The minimum absolute atomic E-state index is 0.981. The number of para-hydroxylation sites is 1. The van der Waals surface area contributed by atoms with Crippen LogP contribution in [0.5, 0.6) is 0 Å². The van der Waals surface area contributed by atoms with E-state index in [1.807, 2.05) is 30.3 Å². The fourth-order valence-electron chi connectivity index (χ4n) is 2.12. The summed E-state index contributed by atoms with van der Waals surface area (Å²) >= 11 is 4.38. The van der Waals surface area contributed by atoms with E-state index in [4.69, 9.17) is 0 Å². The lowest BCUT2D eigenvalue weighted by Gasteiger charge is -2.08. The first kappa shape index (κ1) is 12.8. The van der Waals surface area contributed by atoms with E-state index in [1.165, 1.54) is 11.1 Å². The van der Waals surface area contributed by atoms with E-state index in [0.717, 1.165) is 16.3 Å². The van der Waals surface area contributed by atoms with Crippen molar-refractivity contribution in [3.63, 3.8) is 0 Å². The van der Waals surface area contributed by atoms with E-state index in [1.54, 1.807) is 0 Å². The van der Waals surface area contributed by atoms with Crippen molar-refractivity contribution < 1.29 is 0 Å². The van der Waals surface area contributed by atoms with Crippen LogP contribution in [0, 0.1) is 0 Å². The van der Waals surface area contributed by atoms with Crippen LogP contribution in [0.15, 0.2) is 83.8 Å². The SMILES string of the molecule is Sc1cccc(-c2ccc(Nc3ccccc3)cc2)c1. The minimum atomic E-state index is 0.981. The standard InChI is InChI=1S/C18H15NS/c20-18-8-4-5-15(13-18)14-9-11-17(12-10-14)19-16-6-2-1-3-7-16/h1-13,19-20H. The van der Waals surface area contributed by atoms with Gasteiger partial charge in [-0.25, -0.2) is 0 Å². The lowest BCUT2D eigenvalue weighted by molar-refractivity contribution is 1.46. The van der Waals surface area contributed by atoms with Gasteiger partial charge in [0.25, 0.3) is 0 Å². The summed E-state index contributed by atoms with van der Waals surface area (Å²) in [5.41, 5.74) is 4.56. The van der Waals surface area contributed by atoms with E-state index in [0.29, 0.717) is 0 Å². The summed E-state index contributed by atoms with van der Waals surface area (Å²) < 4.78 is 0. The molecule has 0 saturated carbocycles. The zero-order valence-corrected chi connectivity index (χ0v) is 11.8. The second kappa shape index (κ2) is 5.85. The van der Waals surface area contributed by atoms with Gasteiger partial charge in [0.1, 0.15) is 0 Å². The molecule has 0 aliphatic carbocycles. The number of anilines is 2. The molecule has 1 N–H and O–H groups in total. The van der Waals surface area contributed by atoms with Crippen LogP contribution >= 0.6 is 12.6 Å². The molecule has 2 heteroatoms. The summed E-state index contributed by atoms with van der Waals surface area (Å²) in [6, 6.07) is 26.8. The summed E-state index contributed by atoms with van der Waals surface area (Å²) in [4.78, 5) is 0.981. The molecular formula is C18H15NS. The molecule has 0 radical (unpaired) electrons. The summed E-state index contributed by atoms with van der Waals surface area (Å²) in [7, 11) is 0. The number of hydrogen-bond donors (Lipinski definition) is 2. The molecule has 0 spiro atoms. The highest BCUT2D eigenvalue weighted by Crippen LogP contribution is 2.24. The van der Waals surface area contributed by atoms with Crippen LogP contribution in [0.2, 0.25) is 0 Å². The van der Waals surface area contributed by atoms with E-state index in [2.05, 4.69) is 66.5 Å². The van der Waals surface area contributed by atoms with Crippen LogP contribution in [0.3, 0.4) is 0 Å². The third kappa shape index (κ3) is 3.03. The quantitative estimate of drug-likeness (QED) is 0.612. The van der Waals surface area contributed by atoms with Crippen LogP contribution in [-0.2, 0) is 0 Å². The molecule has 3 aromatic carbocycles. The number of rotatable bonds is 3. The smallest absolute Gasteiger partial charge is 0.0384 e. The molecule has 0 fully saturated rings. The van der Waals surface area contributed by atoms with Crippen molar-refractivity contribution in [1.82, 2.24) is 0 Å². The molecule has 0 saturated heterocycles. The summed E-state index contributed by atoms with van der Waals surface area (Å²) in [5.74, 6) is 0. The number of hydrogen-bond acceptors (Lipinski definition) is 2. The first-order chi connectivity index (χ1) is 9.81. The number of nitrogens with one attached hydrogen (secondary N) is 1.